The number of hydrogen-bond donors (Lipinski definition) is 2. The lowest BCUT2D eigenvalue weighted by molar-refractivity contribution is 0.410. The van der Waals surface area contributed by atoms with Gasteiger partial charge in [-0.2, -0.15) is 5.26 Å². The van der Waals surface area contributed by atoms with Crippen LogP contribution in [0.3, 0.4) is 0 Å². The van der Waals surface area contributed by atoms with Crippen molar-refractivity contribution in [1.82, 2.24) is 10.6 Å². The smallest absolute Gasteiger partial charge is 0.131 e. The maximum atomic E-state index is 9.52. The second-order valence-electron chi connectivity index (χ2n) is 14.0. The Kier molecular flexibility index (Phi) is 7.38. The maximum absolute atomic E-state index is 9.52. The van der Waals surface area contributed by atoms with Crippen LogP contribution in [0.15, 0.2) is 163 Å². The molecule has 0 fully saturated rings. The molecule has 0 saturated carbocycles. The normalized spacial score (nSPS) is 17.2. The molecule has 0 saturated heterocycles. The van der Waals surface area contributed by atoms with Crippen LogP contribution in [0.2, 0.25) is 0 Å². The topological polar surface area (TPSA) is 60.2 Å². The number of hydrogen-bond acceptors (Lipinski definition) is 4. The van der Waals surface area contributed by atoms with Gasteiger partial charge < -0.3 is 5.32 Å². The van der Waals surface area contributed by atoms with Crippen LogP contribution in [0.1, 0.15) is 59.6 Å². The van der Waals surface area contributed by atoms with E-state index in [0.29, 0.717) is 5.56 Å². The summed E-state index contributed by atoms with van der Waals surface area (Å²) in [4.78, 5) is 5.23. The molecular weight excluding hydrogens is 621 g/mol. The van der Waals surface area contributed by atoms with Crippen LogP contribution in [0.4, 0.5) is 0 Å². The van der Waals surface area contributed by atoms with E-state index in [1.54, 1.807) is 0 Å². The number of aliphatic imine (C=N–C) groups is 1. The Morgan fingerprint density at radius 3 is 1.92 bits per heavy atom. The second-order valence-corrected chi connectivity index (χ2v) is 14.0. The van der Waals surface area contributed by atoms with Gasteiger partial charge in [-0.3, -0.25) is 5.32 Å². The summed E-state index contributed by atoms with van der Waals surface area (Å²) in [6.07, 6.45) is -0.335. The summed E-state index contributed by atoms with van der Waals surface area (Å²) in [6, 6.07) is 58.1. The molecule has 1 heterocycles. The second kappa shape index (κ2) is 12.2. The standard InChI is InChI=1S/C47H36N4/c1-47(2)42-27-30(29-48)17-23-39(42)40-24-22-35(28-43(40)47)31-18-20-32(21-19-31)36-25-26-41(38-16-10-9-15-37(36)38)46-50-44(33-11-5-3-6-12-33)49-45(51-46)34-13-7-4-8-14-34/h3-28,44,46,50H,1-2H3,(H,49,51). The van der Waals surface area contributed by atoms with E-state index >= 15 is 0 Å². The summed E-state index contributed by atoms with van der Waals surface area (Å²) in [5.41, 5.74) is 13.6. The van der Waals surface area contributed by atoms with Crippen molar-refractivity contribution in [2.24, 2.45) is 4.99 Å². The Morgan fingerprint density at radius 2 is 1.18 bits per heavy atom. The highest BCUT2D eigenvalue weighted by atomic mass is 15.3. The van der Waals surface area contributed by atoms with E-state index in [2.05, 4.69) is 170 Å². The average Bonchev–Trinajstić information content (AvgIpc) is 3.42. The average molecular weight is 657 g/mol. The molecule has 0 radical (unpaired) electrons. The highest BCUT2D eigenvalue weighted by Gasteiger charge is 2.36. The first kappa shape index (κ1) is 30.8. The highest BCUT2D eigenvalue weighted by molar-refractivity contribution is 6.01. The Hall–Kier alpha value is -6.28. The van der Waals surface area contributed by atoms with Gasteiger partial charge in [0.2, 0.25) is 0 Å². The van der Waals surface area contributed by atoms with Gasteiger partial charge in [-0.05, 0) is 84.6 Å². The lowest BCUT2D eigenvalue weighted by atomic mass is 9.81. The molecule has 2 aliphatic rings. The molecule has 2 atom stereocenters. The van der Waals surface area contributed by atoms with Crippen molar-refractivity contribution in [3.05, 3.63) is 191 Å². The van der Waals surface area contributed by atoms with Crippen LogP contribution >= 0.6 is 0 Å². The third-order valence-corrected chi connectivity index (χ3v) is 10.6. The van der Waals surface area contributed by atoms with Crippen LogP contribution in [0.5, 0.6) is 0 Å². The van der Waals surface area contributed by atoms with Crippen LogP contribution in [0, 0.1) is 11.3 Å². The zero-order chi connectivity index (χ0) is 34.5. The van der Waals surface area contributed by atoms with Crippen molar-refractivity contribution in [3.8, 4) is 39.4 Å². The molecule has 1 aliphatic heterocycles. The molecule has 9 rings (SSSR count). The van der Waals surface area contributed by atoms with E-state index in [-0.39, 0.29) is 17.7 Å². The largest absolute Gasteiger partial charge is 0.350 e. The summed E-state index contributed by atoms with van der Waals surface area (Å²) in [5, 5.41) is 19.3. The lowest BCUT2D eigenvalue weighted by Crippen LogP contribution is -2.45. The number of nitriles is 1. The molecule has 0 amide bonds. The van der Waals surface area contributed by atoms with Crippen LogP contribution in [0.25, 0.3) is 44.2 Å². The minimum atomic E-state index is -0.241. The Morgan fingerprint density at radius 1 is 0.569 bits per heavy atom. The fourth-order valence-electron chi connectivity index (χ4n) is 7.92. The van der Waals surface area contributed by atoms with Gasteiger partial charge in [0.15, 0.2) is 0 Å². The van der Waals surface area contributed by atoms with E-state index in [4.69, 9.17) is 4.99 Å². The Bertz CT molecular complexity index is 2510. The van der Waals surface area contributed by atoms with E-state index < -0.39 is 0 Å². The Balaban J connectivity index is 1.06. The van der Waals surface area contributed by atoms with Crippen LogP contribution < -0.4 is 10.6 Å². The van der Waals surface area contributed by atoms with Crippen molar-refractivity contribution in [2.45, 2.75) is 31.6 Å². The number of benzene rings is 7. The van der Waals surface area contributed by atoms with Gasteiger partial charge in [-0.1, -0.05) is 153 Å². The van der Waals surface area contributed by atoms with E-state index in [0.717, 1.165) is 22.5 Å². The molecule has 0 bridgehead atoms. The number of nitrogens with zero attached hydrogens (tertiary/aromatic N) is 2. The van der Waals surface area contributed by atoms with E-state index in [1.807, 2.05) is 18.2 Å². The third-order valence-electron chi connectivity index (χ3n) is 10.6. The molecule has 4 nitrogen and oxygen atoms in total. The Labute approximate surface area is 298 Å². The quantitative estimate of drug-likeness (QED) is 0.194. The van der Waals surface area contributed by atoms with Crippen molar-refractivity contribution in [1.29, 1.82) is 5.26 Å². The molecule has 0 aromatic heterocycles. The molecule has 51 heavy (non-hydrogen) atoms. The number of fused-ring (bicyclic) bond motifs is 4. The van der Waals surface area contributed by atoms with Crippen molar-refractivity contribution < 1.29 is 0 Å². The number of amidine groups is 1. The third kappa shape index (κ3) is 5.31. The zero-order valence-corrected chi connectivity index (χ0v) is 28.6. The molecular formula is C47H36N4. The predicted octanol–water partition coefficient (Wildman–Crippen LogP) is 10.7. The maximum Gasteiger partial charge on any atom is 0.131 e. The first-order chi connectivity index (χ1) is 25.0. The predicted molar refractivity (Wildman–Crippen MR) is 208 cm³/mol. The van der Waals surface area contributed by atoms with Gasteiger partial charge in [-0.25, -0.2) is 4.99 Å². The molecule has 2 N–H and O–H groups in total. The zero-order valence-electron chi connectivity index (χ0n) is 28.6. The molecule has 4 heteroatoms. The fourth-order valence-corrected chi connectivity index (χ4v) is 7.92. The van der Waals surface area contributed by atoms with Gasteiger partial charge in [-0.15, -0.1) is 0 Å². The highest BCUT2D eigenvalue weighted by Crippen LogP contribution is 2.50. The monoisotopic (exact) mass is 656 g/mol. The molecule has 7 aromatic carbocycles. The van der Waals surface area contributed by atoms with Gasteiger partial charge in [0.25, 0.3) is 0 Å². The molecule has 0 spiro atoms. The number of rotatable bonds is 5. The summed E-state index contributed by atoms with van der Waals surface area (Å²) in [6.45, 7) is 4.52. The molecule has 7 aromatic rings. The fraction of sp³-hybridized carbons (Fsp3) is 0.106. The molecule has 244 valence electrons. The van der Waals surface area contributed by atoms with Crippen LogP contribution in [-0.2, 0) is 5.41 Å². The minimum Gasteiger partial charge on any atom is -0.350 e. The first-order valence-electron chi connectivity index (χ1n) is 17.5. The lowest BCUT2D eigenvalue weighted by Gasteiger charge is -2.32. The van der Waals surface area contributed by atoms with Crippen LogP contribution in [-0.4, -0.2) is 5.84 Å². The van der Waals surface area contributed by atoms with Crippen molar-refractivity contribution in [3.63, 3.8) is 0 Å². The van der Waals surface area contributed by atoms with Crippen molar-refractivity contribution in [2.75, 3.05) is 0 Å². The minimum absolute atomic E-state index is 0.0936. The molecule has 1 aliphatic carbocycles. The summed E-state index contributed by atoms with van der Waals surface area (Å²) in [7, 11) is 0. The van der Waals surface area contributed by atoms with E-state index in [1.165, 1.54) is 55.3 Å². The van der Waals surface area contributed by atoms with Gasteiger partial charge in [0, 0.05) is 11.0 Å². The first-order valence-corrected chi connectivity index (χ1v) is 17.5. The number of nitrogens with one attached hydrogen (secondary N) is 2. The summed E-state index contributed by atoms with van der Waals surface area (Å²) in [5.74, 6) is 0.877. The van der Waals surface area contributed by atoms with E-state index in [9.17, 15) is 5.26 Å². The van der Waals surface area contributed by atoms with Gasteiger partial charge in [0.05, 0.1) is 11.6 Å². The summed E-state index contributed by atoms with van der Waals surface area (Å²) >= 11 is 0. The van der Waals surface area contributed by atoms with Crippen molar-refractivity contribution >= 4 is 16.6 Å². The molecule has 2 unspecified atom stereocenters. The summed E-state index contributed by atoms with van der Waals surface area (Å²) < 4.78 is 0. The SMILES string of the molecule is CC1(C)c2cc(C#N)ccc2-c2ccc(-c3ccc(-c4ccc(C5N=C(c6ccccc6)NC(c6ccccc6)N5)c5ccccc45)cc3)cc21. The van der Waals surface area contributed by atoms with Gasteiger partial charge in [0.1, 0.15) is 18.2 Å². The van der Waals surface area contributed by atoms with Gasteiger partial charge >= 0.3 is 0 Å².